The zero-order chi connectivity index (χ0) is 27.2. The van der Waals surface area contributed by atoms with Crippen LogP contribution >= 0.6 is 63.4 Å². The first-order valence-electron chi connectivity index (χ1n) is 12.2. The van der Waals surface area contributed by atoms with Gasteiger partial charge in [-0.2, -0.15) is 0 Å². The molecule has 0 bridgehead atoms. The number of carbonyl (C=O) groups excluding carboxylic acids is 1. The summed E-state index contributed by atoms with van der Waals surface area (Å²) in [5.41, 5.74) is 3.30. The van der Waals surface area contributed by atoms with E-state index in [1.165, 1.54) is 0 Å². The van der Waals surface area contributed by atoms with Crippen LogP contribution in [-0.2, 0) is 22.7 Å². The molecule has 208 valence electrons. The van der Waals surface area contributed by atoms with Gasteiger partial charge in [0, 0.05) is 34.0 Å². The van der Waals surface area contributed by atoms with Crippen molar-refractivity contribution in [1.29, 1.82) is 0 Å². The van der Waals surface area contributed by atoms with Crippen molar-refractivity contribution in [3.05, 3.63) is 116 Å². The van der Waals surface area contributed by atoms with Crippen LogP contribution in [0.5, 0.6) is 0 Å². The molecule has 3 aromatic carbocycles. The van der Waals surface area contributed by atoms with E-state index in [0.29, 0.717) is 34.9 Å². The van der Waals surface area contributed by atoms with Crippen LogP contribution in [0.1, 0.15) is 35.3 Å². The van der Waals surface area contributed by atoms with Crippen LogP contribution in [0.2, 0.25) is 15.1 Å². The van der Waals surface area contributed by atoms with Gasteiger partial charge in [0.25, 0.3) is 0 Å². The fourth-order valence-corrected chi connectivity index (χ4v) is 5.04. The second-order valence-electron chi connectivity index (χ2n) is 9.18. The summed E-state index contributed by atoms with van der Waals surface area (Å²) in [6.07, 6.45) is 3.30. The Balaban J connectivity index is 0.00000420. The molecule has 1 aliphatic heterocycles. The molecule has 1 heterocycles. The SMILES string of the molecule is Br.Cc1cccc(Cl)c1CNC(=O)C(C)N1C=CN(C(Cl)C(OCc2ccc(Cl)cc2)c2ccc(Cl)cc2)C1. The molecular formula is C29H30BrCl4N3O2. The number of benzene rings is 3. The molecule has 1 amide bonds. The average molecular weight is 674 g/mol. The number of aryl methyl sites for hydroxylation is 1. The maximum atomic E-state index is 12.9. The monoisotopic (exact) mass is 671 g/mol. The molecule has 0 aliphatic carbocycles. The standard InChI is InChI=1S/C29H29Cl4N3O2.BrH/c1-19-4-3-5-26(32)25(19)16-34-29(37)20(2)35-14-15-36(18-35)28(33)27(22-8-12-24(31)13-9-22)38-17-21-6-10-23(30)11-7-21;/h3-15,20,27-28H,16-18H2,1-2H3,(H,34,37);1H. The molecule has 0 radical (unpaired) electrons. The smallest absolute Gasteiger partial charge is 0.242 e. The molecule has 10 heteroatoms. The van der Waals surface area contributed by atoms with E-state index in [-0.39, 0.29) is 22.9 Å². The predicted molar refractivity (Wildman–Crippen MR) is 166 cm³/mol. The van der Waals surface area contributed by atoms with Crippen LogP contribution < -0.4 is 5.32 Å². The van der Waals surface area contributed by atoms with Gasteiger partial charge in [0.15, 0.2) is 0 Å². The van der Waals surface area contributed by atoms with Gasteiger partial charge >= 0.3 is 0 Å². The maximum absolute atomic E-state index is 12.9. The number of alkyl halides is 1. The van der Waals surface area contributed by atoms with Gasteiger partial charge in [-0.3, -0.25) is 4.79 Å². The van der Waals surface area contributed by atoms with E-state index in [2.05, 4.69) is 5.32 Å². The highest BCUT2D eigenvalue weighted by molar-refractivity contribution is 8.93. The van der Waals surface area contributed by atoms with E-state index in [1.807, 2.05) is 103 Å². The lowest BCUT2D eigenvalue weighted by atomic mass is 10.1. The van der Waals surface area contributed by atoms with Crippen LogP contribution in [0, 0.1) is 6.92 Å². The van der Waals surface area contributed by atoms with Crippen molar-refractivity contribution in [2.45, 2.75) is 44.6 Å². The summed E-state index contributed by atoms with van der Waals surface area (Å²) in [6, 6.07) is 20.3. The van der Waals surface area contributed by atoms with Crippen LogP contribution in [0.4, 0.5) is 0 Å². The lowest BCUT2D eigenvalue weighted by Gasteiger charge is -2.33. The van der Waals surface area contributed by atoms with Crippen LogP contribution in [0.25, 0.3) is 0 Å². The highest BCUT2D eigenvalue weighted by Crippen LogP contribution is 2.32. The van der Waals surface area contributed by atoms with E-state index in [4.69, 9.17) is 51.1 Å². The number of rotatable bonds is 10. The first kappa shape index (κ1) is 31.6. The van der Waals surface area contributed by atoms with Gasteiger partial charge in [0.2, 0.25) is 5.91 Å². The molecule has 1 N–H and O–H groups in total. The van der Waals surface area contributed by atoms with Crippen LogP contribution in [-0.4, -0.2) is 33.9 Å². The number of hydrogen-bond donors (Lipinski definition) is 1. The van der Waals surface area contributed by atoms with Gasteiger partial charge in [-0.05, 0) is 66.4 Å². The molecule has 0 fully saturated rings. The summed E-state index contributed by atoms with van der Waals surface area (Å²) in [4.78, 5) is 16.8. The Morgan fingerprint density at radius 2 is 1.56 bits per heavy atom. The fraction of sp³-hybridized carbons (Fsp3) is 0.276. The minimum Gasteiger partial charge on any atom is -0.365 e. The molecule has 39 heavy (non-hydrogen) atoms. The summed E-state index contributed by atoms with van der Waals surface area (Å²) in [5.74, 6) is -0.102. The summed E-state index contributed by atoms with van der Waals surface area (Å²) >= 11 is 25.4. The highest BCUT2D eigenvalue weighted by Gasteiger charge is 2.32. The highest BCUT2D eigenvalue weighted by atomic mass is 79.9. The lowest BCUT2D eigenvalue weighted by molar-refractivity contribution is -0.125. The Morgan fingerprint density at radius 3 is 2.21 bits per heavy atom. The Kier molecular flexibility index (Phi) is 11.9. The van der Waals surface area contributed by atoms with Crippen molar-refractivity contribution in [2.24, 2.45) is 0 Å². The van der Waals surface area contributed by atoms with Crippen LogP contribution in [0.3, 0.4) is 0 Å². The Labute approximate surface area is 260 Å². The van der Waals surface area contributed by atoms with E-state index < -0.39 is 17.6 Å². The van der Waals surface area contributed by atoms with Crippen molar-refractivity contribution in [3.63, 3.8) is 0 Å². The number of amides is 1. The van der Waals surface area contributed by atoms with Gasteiger partial charge in [0.05, 0.1) is 13.3 Å². The number of halogens is 5. The predicted octanol–water partition coefficient (Wildman–Crippen LogP) is 8.11. The third-order valence-electron chi connectivity index (χ3n) is 6.55. The summed E-state index contributed by atoms with van der Waals surface area (Å²) in [6.45, 7) is 4.99. The van der Waals surface area contributed by atoms with E-state index in [9.17, 15) is 4.79 Å². The van der Waals surface area contributed by atoms with E-state index in [1.54, 1.807) is 0 Å². The van der Waals surface area contributed by atoms with Gasteiger partial charge in [-0.25, -0.2) is 0 Å². The van der Waals surface area contributed by atoms with E-state index in [0.717, 1.165) is 22.3 Å². The third-order valence-corrected chi connectivity index (χ3v) is 7.89. The zero-order valence-corrected chi connectivity index (χ0v) is 26.2. The van der Waals surface area contributed by atoms with Crippen molar-refractivity contribution >= 4 is 69.3 Å². The minimum atomic E-state index is -0.536. The molecular weight excluding hydrogens is 644 g/mol. The molecule has 3 aromatic rings. The molecule has 3 atom stereocenters. The molecule has 0 saturated heterocycles. The molecule has 0 aromatic heterocycles. The fourth-order valence-electron chi connectivity index (χ4n) is 4.16. The largest absolute Gasteiger partial charge is 0.365 e. The molecule has 5 nitrogen and oxygen atoms in total. The van der Waals surface area contributed by atoms with Gasteiger partial charge in [-0.1, -0.05) is 82.8 Å². The number of hydrogen-bond acceptors (Lipinski definition) is 4. The first-order valence-corrected chi connectivity index (χ1v) is 13.8. The lowest BCUT2D eigenvalue weighted by Crippen LogP contribution is -2.45. The summed E-state index contributed by atoms with van der Waals surface area (Å²) < 4.78 is 6.32. The van der Waals surface area contributed by atoms with Crippen LogP contribution in [0.15, 0.2) is 79.1 Å². The normalized spacial score (nSPS) is 15.0. The number of ether oxygens (including phenoxy) is 1. The number of nitrogens with zero attached hydrogens (tertiary/aromatic N) is 2. The quantitative estimate of drug-likeness (QED) is 0.175. The average Bonchev–Trinajstić information content (AvgIpc) is 3.40. The first-order chi connectivity index (χ1) is 18.2. The van der Waals surface area contributed by atoms with Crippen molar-refractivity contribution in [3.8, 4) is 0 Å². The second kappa shape index (κ2) is 14.6. The molecule has 0 saturated carbocycles. The van der Waals surface area contributed by atoms with E-state index >= 15 is 0 Å². The Morgan fingerprint density at radius 1 is 0.949 bits per heavy atom. The zero-order valence-electron chi connectivity index (χ0n) is 21.5. The molecule has 3 unspecified atom stereocenters. The third kappa shape index (κ3) is 8.29. The molecule has 4 rings (SSSR count). The number of nitrogens with one attached hydrogen (secondary N) is 1. The second-order valence-corrected chi connectivity index (χ2v) is 10.9. The van der Waals surface area contributed by atoms with Gasteiger partial charge < -0.3 is 19.9 Å². The van der Waals surface area contributed by atoms with Crippen molar-refractivity contribution in [2.75, 3.05) is 6.67 Å². The summed E-state index contributed by atoms with van der Waals surface area (Å²) in [7, 11) is 0. The van der Waals surface area contributed by atoms with Gasteiger partial charge in [0.1, 0.15) is 17.6 Å². The topological polar surface area (TPSA) is 44.8 Å². The number of carbonyl (C=O) groups is 1. The Hall–Kier alpha value is -1.93. The van der Waals surface area contributed by atoms with Crippen molar-refractivity contribution < 1.29 is 9.53 Å². The molecule has 0 spiro atoms. The maximum Gasteiger partial charge on any atom is 0.242 e. The molecule has 1 aliphatic rings. The minimum absolute atomic E-state index is 0. The van der Waals surface area contributed by atoms with Crippen molar-refractivity contribution in [1.82, 2.24) is 15.1 Å². The van der Waals surface area contributed by atoms with Gasteiger partial charge in [-0.15, -0.1) is 17.0 Å². The Bertz CT molecular complexity index is 1250. The summed E-state index contributed by atoms with van der Waals surface area (Å²) in [5, 5.41) is 4.94.